The second-order valence-corrected chi connectivity index (χ2v) is 11.5. The molecule has 2 aromatic heterocycles. The maximum Gasteiger partial charge on any atom is 0.340 e. The van der Waals surface area contributed by atoms with Crippen molar-refractivity contribution < 1.29 is 13.6 Å². The van der Waals surface area contributed by atoms with E-state index in [4.69, 9.17) is 8.83 Å². The molecule has 1 aliphatic carbocycles. The number of carbonyl (C=O) groups excluding carboxylic acids is 1. The summed E-state index contributed by atoms with van der Waals surface area (Å²) < 4.78 is 11.3. The predicted octanol–water partition coefficient (Wildman–Crippen LogP) is 5.12. The fourth-order valence-corrected chi connectivity index (χ4v) is 7.75. The molecule has 6 nitrogen and oxygen atoms in total. The van der Waals surface area contributed by atoms with Gasteiger partial charge in [-0.3, -0.25) is 9.69 Å². The maximum atomic E-state index is 13.8. The largest absolute Gasteiger partial charge is 0.464 e. The number of likely N-dealkylation sites (tertiary alicyclic amines) is 1. The molecule has 3 aliphatic heterocycles. The summed E-state index contributed by atoms with van der Waals surface area (Å²) in [5.74, 6) is 1.20. The number of hydrogen-bond acceptors (Lipinski definition) is 5. The first-order valence-corrected chi connectivity index (χ1v) is 13.7. The van der Waals surface area contributed by atoms with Crippen LogP contribution in [0.1, 0.15) is 55.2 Å². The lowest BCUT2D eigenvalue weighted by Gasteiger charge is -2.54. The monoisotopic (exact) mass is 486 g/mol. The highest BCUT2D eigenvalue weighted by Crippen LogP contribution is 2.45. The Kier molecular flexibility index (Phi) is 5.18. The number of nitrogens with zero attached hydrogens (tertiary/aromatic N) is 2. The molecule has 3 aromatic rings. The Morgan fingerprint density at radius 1 is 1.08 bits per heavy atom. The van der Waals surface area contributed by atoms with Crippen LogP contribution < -0.4 is 5.63 Å². The van der Waals surface area contributed by atoms with E-state index >= 15 is 0 Å². The topological polar surface area (TPSA) is 66.9 Å². The molecule has 7 rings (SSSR count). The zero-order chi connectivity index (χ0) is 24.6. The SMILES string of the molecule is Cc1coc2cc3oc(=O)c(CC(=O)N4CCCC5=C[C@@H]6C[C@@H](CN7CCCC[C@H]67)[C@@H]54)c(C)c3cc12. The average molecular weight is 487 g/mol. The van der Waals surface area contributed by atoms with E-state index in [1.807, 2.05) is 19.9 Å². The van der Waals surface area contributed by atoms with Gasteiger partial charge in [0.25, 0.3) is 0 Å². The molecule has 0 spiro atoms. The van der Waals surface area contributed by atoms with Crippen molar-refractivity contribution in [2.75, 3.05) is 19.6 Å². The molecule has 36 heavy (non-hydrogen) atoms. The van der Waals surface area contributed by atoms with Crippen molar-refractivity contribution in [2.45, 2.75) is 70.9 Å². The minimum Gasteiger partial charge on any atom is -0.464 e. The van der Waals surface area contributed by atoms with Gasteiger partial charge in [-0.15, -0.1) is 0 Å². The minimum atomic E-state index is -0.415. The van der Waals surface area contributed by atoms with Crippen LogP contribution in [0.4, 0.5) is 0 Å². The van der Waals surface area contributed by atoms with Crippen molar-refractivity contribution in [3.05, 3.63) is 57.2 Å². The number of furan rings is 1. The molecule has 0 N–H and O–H groups in total. The van der Waals surface area contributed by atoms with Crippen LogP contribution >= 0.6 is 0 Å². The molecule has 6 heteroatoms. The van der Waals surface area contributed by atoms with E-state index in [0.29, 0.717) is 34.6 Å². The molecule has 0 radical (unpaired) electrons. The first kappa shape index (κ1) is 22.3. The number of piperidine rings is 3. The van der Waals surface area contributed by atoms with Crippen LogP contribution in [-0.2, 0) is 11.2 Å². The molecule has 2 bridgehead atoms. The van der Waals surface area contributed by atoms with Crippen LogP contribution in [0.2, 0.25) is 0 Å². The van der Waals surface area contributed by atoms with Gasteiger partial charge in [-0.1, -0.05) is 18.1 Å². The summed E-state index contributed by atoms with van der Waals surface area (Å²) in [5, 5.41) is 1.88. The highest BCUT2D eigenvalue weighted by atomic mass is 16.4. The van der Waals surface area contributed by atoms with Gasteiger partial charge in [0.05, 0.1) is 24.3 Å². The third-order valence-electron chi connectivity index (χ3n) is 9.48. The van der Waals surface area contributed by atoms with Gasteiger partial charge < -0.3 is 13.7 Å². The number of benzene rings is 1. The molecule has 188 valence electrons. The second-order valence-electron chi connectivity index (χ2n) is 11.5. The molecule has 0 unspecified atom stereocenters. The summed E-state index contributed by atoms with van der Waals surface area (Å²) in [4.78, 5) is 31.7. The van der Waals surface area contributed by atoms with Gasteiger partial charge in [0.1, 0.15) is 11.2 Å². The van der Waals surface area contributed by atoms with E-state index in [0.717, 1.165) is 47.8 Å². The summed E-state index contributed by atoms with van der Waals surface area (Å²) >= 11 is 0. The van der Waals surface area contributed by atoms with Gasteiger partial charge in [-0.25, -0.2) is 4.79 Å². The molecule has 1 amide bonds. The van der Waals surface area contributed by atoms with Crippen LogP contribution in [0.15, 0.2) is 43.7 Å². The third-order valence-corrected chi connectivity index (χ3v) is 9.48. The van der Waals surface area contributed by atoms with Gasteiger partial charge in [-0.05, 0) is 81.5 Å². The molecule has 1 aromatic carbocycles. The third kappa shape index (κ3) is 3.41. The number of aryl methyl sites for hydroxylation is 2. The van der Waals surface area contributed by atoms with Gasteiger partial charge in [0.15, 0.2) is 0 Å². The highest BCUT2D eigenvalue weighted by Gasteiger charge is 2.46. The lowest BCUT2D eigenvalue weighted by molar-refractivity contribution is -0.135. The number of fused-ring (bicyclic) bond motifs is 8. The van der Waals surface area contributed by atoms with E-state index in [1.54, 1.807) is 12.3 Å². The Bertz CT molecular complexity index is 1460. The molecule has 0 saturated carbocycles. The normalized spacial score (nSPS) is 28.2. The Labute approximate surface area is 210 Å². The predicted molar refractivity (Wildman–Crippen MR) is 139 cm³/mol. The number of amides is 1. The molecular formula is C30H34N2O4. The summed E-state index contributed by atoms with van der Waals surface area (Å²) in [6.45, 7) is 7.02. The van der Waals surface area contributed by atoms with Crippen molar-refractivity contribution in [1.82, 2.24) is 9.80 Å². The smallest absolute Gasteiger partial charge is 0.340 e. The van der Waals surface area contributed by atoms with E-state index in [-0.39, 0.29) is 18.4 Å². The molecule has 4 aliphatic rings. The summed E-state index contributed by atoms with van der Waals surface area (Å²) in [6.07, 6.45) is 11.6. The van der Waals surface area contributed by atoms with Crippen molar-refractivity contribution >= 4 is 27.8 Å². The quantitative estimate of drug-likeness (QED) is 0.372. The van der Waals surface area contributed by atoms with Crippen LogP contribution in [0.25, 0.3) is 21.9 Å². The second kappa shape index (κ2) is 8.34. The maximum absolute atomic E-state index is 13.8. The van der Waals surface area contributed by atoms with E-state index < -0.39 is 5.63 Å². The van der Waals surface area contributed by atoms with Crippen LogP contribution in [0.3, 0.4) is 0 Å². The Balaban J connectivity index is 1.21. The lowest BCUT2D eigenvalue weighted by Crippen LogP contribution is -2.60. The van der Waals surface area contributed by atoms with E-state index in [1.165, 1.54) is 37.8 Å². The van der Waals surface area contributed by atoms with Crippen molar-refractivity contribution in [1.29, 1.82) is 0 Å². The Hall–Kier alpha value is -2.86. The van der Waals surface area contributed by atoms with Crippen molar-refractivity contribution in [3.8, 4) is 0 Å². The molecular weight excluding hydrogens is 452 g/mol. The average Bonchev–Trinajstić information content (AvgIpc) is 3.24. The van der Waals surface area contributed by atoms with Gasteiger partial charge in [-0.2, -0.15) is 0 Å². The molecule has 4 atom stereocenters. The highest BCUT2D eigenvalue weighted by molar-refractivity contribution is 5.96. The van der Waals surface area contributed by atoms with Gasteiger partial charge in [0, 0.05) is 36.0 Å². The number of carbonyl (C=O) groups is 1. The summed E-state index contributed by atoms with van der Waals surface area (Å²) in [5.41, 5.74) is 4.64. The summed E-state index contributed by atoms with van der Waals surface area (Å²) in [6, 6.07) is 4.70. The standard InChI is InChI=1S/C30H34N2O4/c1-17-16-35-26-14-27-23(12-22(17)26)18(2)24(30(34)36-27)13-28(33)32-9-5-6-19-10-20-11-21(29(19)32)15-31-8-4-3-7-25(20)31/h10,12,14,16,20-21,25,29H,3-9,11,13,15H2,1-2H3/t20-,21+,25-,29-/m1/s1. The van der Waals surface area contributed by atoms with Crippen LogP contribution in [0, 0.1) is 25.7 Å². The minimum absolute atomic E-state index is 0.0557. The Morgan fingerprint density at radius 3 is 2.86 bits per heavy atom. The molecule has 3 saturated heterocycles. The van der Waals surface area contributed by atoms with Gasteiger partial charge >= 0.3 is 5.63 Å². The van der Waals surface area contributed by atoms with Crippen LogP contribution in [-0.4, -0.2) is 47.4 Å². The summed E-state index contributed by atoms with van der Waals surface area (Å²) in [7, 11) is 0. The van der Waals surface area contributed by atoms with Gasteiger partial charge in [0.2, 0.25) is 5.91 Å². The fraction of sp³-hybridized carbons (Fsp3) is 0.533. The Morgan fingerprint density at radius 2 is 1.97 bits per heavy atom. The number of hydrogen-bond donors (Lipinski definition) is 0. The lowest BCUT2D eigenvalue weighted by atomic mass is 9.68. The van der Waals surface area contributed by atoms with E-state index in [9.17, 15) is 9.59 Å². The fourth-order valence-electron chi connectivity index (χ4n) is 7.75. The van der Waals surface area contributed by atoms with Crippen LogP contribution in [0.5, 0.6) is 0 Å². The van der Waals surface area contributed by atoms with Crippen molar-refractivity contribution in [3.63, 3.8) is 0 Å². The molecule has 5 heterocycles. The number of rotatable bonds is 2. The first-order valence-electron chi connectivity index (χ1n) is 13.7. The van der Waals surface area contributed by atoms with Crippen molar-refractivity contribution in [2.24, 2.45) is 11.8 Å². The molecule has 3 fully saturated rings. The zero-order valence-electron chi connectivity index (χ0n) is 21.2. The zero-order valence-corrected chi connectivity index (χ0v) is 21.2. The van der Waals surface area contributed by atoms with E-state index in [2.05, 4.69) is 15.9 Å². The first-order chi connectivity index (χ1) is 17.5.